The maximum atomic E-state index is 12.5. The fourth-order valence-electron chi connectivity index (χ4n) is 2.44. The van der Waals surface area contributed by atoms with E-state index in [-0.39, 0.29) is 5.91 Å². The van der Waals surface area contributed by atoms with Gasteiger partial charge in [-0.2, -0.15) is 0 Å². The van der Waals surface area contributed by atoms with Crippen molar-refractivity contribution >= 4 is 11.7 Å². The van der Waals surface area contributed by atoms with E-state index in [0.29, 0.717) is 17.3 Å². The van der Waals surface area contributed by atoms with Crippen LogP contribution < -0.4 is 5.32 Å². The number of unbranched alkanes of at least 4 members (excludes halogenated alkanes) is 1. The van der Waals surface area contributed by atoms with E-state index < -0.39 is 0 Å². The first kappa shape index (κ1) is 17.9. The number of rotatable bonds is 8. The average Bonchev–Trinajstić information content (AvgIpc) is 2.59. The van der Waals surface area contributed by atoms with Gasteiger partial charge in [-0.05, 0) is 25.3 Å². The van der Waals surface area contributed by atoms with Crippen LogP contribution in [0.25, 0.3) is 0 Å². The van der Waals surface area contributed by atoms with Crippen LogP contribution in [0, 0.1) is 6.92 Å². The molecule has 0 spiro atoms. The first-order valence-electron chi connectivity index (χ1n) is 8.49. The van der Waals surface area contributed by atoms with E-state index in [1.807, 2.05) is 32.2 Å². The van der Waals surface area contributed by atoms with Crippen molar-refractivity contribution in [1.82, 2.24) is 14.9 Å². The first-order valence-corrected chi connectivity index (χ1v) is 8.49. The van der Waals surface area contributed by atoms with E-state index in [4.69, 9.17) is 0 Å². The van der Waals surface area contributed by atoms with Crippen LogP contribution in [0.5, 0.6) is 0 Å². The second-order valence-electron chi connectivity index (χ2n) is 5.93. The summed E-state index contributed by atoms with van der Waals surface area (Å²) in [6.45, 7) is 5.43. The van der Waals surface area contributed by atoms with Crippen LogP contribution in [0.2, 0.25) is 0 Å². The van der Waals surface area contributed by atoms with E-state index in [2.05, 4.69) is 34.3 Å². The van der Waals surface area contributed by atoms with Gasteiger partial charge < -0.3 is 10.2 Å². The Labute approximate surface area is 144 Å². The molecule has 128 valence electrons. The zero-order valence-electron chi connectivity index (χ0n) is 14.7. The Morgan fingerprint density at radius 3 is 2.67 bits per heavy atom. The molecule has 0 aliphatic rings. The van der Waals surface area contributed by atoms with Gasteiger partial charge >= 0.3 is 0 Å². The Balaban J connectivity index is 1.98. The largest absolute Gasteiger partial charge is 0.370 e. The van der Waals surface area contributed by atoms with Crippen LogP contribution in [-0.2, 0) is 6.42 Å². The van der Waals surface area contributed by atoms with Gasteiger partial charge in [0.1, 0.15) is 17.3 Å². The van der Waals surface area contributed by atoms with E-state index in [9.17, 15) is 4.79 Å². The summed E-state index contributed by atoms with van der Waals surface area (Å²) in [6, 6.07) is 12.0. The summed E-state index contributed by atoms with van der Waals surface area (Å²) in [5, 5.41) is 3.29. The molecule has 2 aromatic rings. The van der Waals surface area contributed by atoms with E-state index in [1.165, 1.54) is 5.56 Å². The molecule has 1 N–H and O–H groups in total. The van der Waals surface area contributed by atoms with Gasteiger partial charge in [0.05, 0.1) is 0 Å². The van der Waals surface area contributed by atoms with Crippen molar-refractivity contribution in [3.63, 3.8) is 0 Å². The van der Waals surface area contributed by atoms with Crippen LogP contribution in [0.1, 0.15) is 41.6 Å². The maximum Gasteiger partial charge on any atom is 0.272 e. The molecule has 0 aliphatic heterocycles. The van der Waals surface area contributed by atoms with Crippen molar-refractivity contribution in [3.8, 4) is 0 Å². The number of benzene rings is 1. The molecule has 1 aromatic heterocycles. The summed E-state index contributed by atoms with van der Waals surface area (Å²) < 4.78 is 0. The Morgan fingerprint density at radius 1 is 1.21 bits per heavy atom. The molecular formula is C19H26N4O. The quantitative estimate of drug-likeness (QED) is 0.808. The zero-order chi connectivity index (χ0) is 17.4. The van der Waals surface area contributed by atoms with E-state index in [0.717, 1.165) is 32.4 Å². The first-order chi connectivity index (χ1) is 11.6. The molecule has 0 saturated carbocycles. The topological polar surface area (TPSA) is 58.1 Å². The number of hydrogen-bond acceptors (Lipinski definition) is 4. The Hall–Kier alpha value is -2.43. The highest BCUT2D eigenvalue weighted by Gasteiger charge is 2.14. The molecule has 1 amide bonds. The standard InChI is InChI=1S/C19H26N4O/c1-4-5-13-23(3)19(24)17-14-18(22-15(2)21-17)20-12-11-16-9-7-6-8-10-16/h6-10,14H,4-5,11-13H2,1-3H3,(H,20,21,22). The summed E-state index contributed by atoms with van der Waals surface area (Å²) in [5.41, 5.74) is 1.72. The van der Waals surface area contributed by atoms with Crippen molar-refractivity contribution in [2.24, 2.45) is 0 Å². The Morgan fingerprint density at radius 2 is 1.96 bits per heavy atom. The third-order valence-corrected chi connectivity index (χ3v) is 3.81. The predicted octanol–water partition coefficient (Wildman–Crippen LogP) is 3.31. The molecule has 0 aliphatic carbocycles. The number of nitrogens with one attached hydrogen (secondary N) is 1. The number of anilines is 1. The molecular weight excluding hydrogens is 300 g/mol. The third kappa shape index (κ3) is 5.33. The molecule has 0 saturated heterocycles. The van der Waals surface area contributed by atoms with Crippen LogP contribution in [0.4, 0.5) is 5.82 Å². The van der Waals surface area contributed by atoms with Crippen LogP contribution in [0.3, 0.4) is 0 Å². The highest BCUT2D eigenvalue weighted by atomic mass is 16.2. The van der Waals surface area contributed by atoms with Gasteiger partial charge in [0, 0.05) is 26.2 Å². The van der Waals surface area contributed by atoms with Crippen LogP contribution in [-0.4, -0.2) is 40.9 Å². The number of hydrogen-bond donors (Lipinski definition) is 1. The van der Waals surface area contributed by atoms with Crippen molar-refractivity contribution < 1.29 is 4.79 Å². The lowest BCUT2D eigenvalue weighted by molar-refractivity contribution is 0.0787. The Bertz CT molecular complexity index is 658. The van der Waals surface area contributed by atoms with Crippen molar-refractivity contribution in [2.75, 3.05) is 25.5 Å². The van der Waals surface area contributed by atoms with Gasteiger partial charge in [0.15, 0.2) is 0 Å². The van der Waals surface area contributed by atoms with Crippen LogP contribution in [0.15, 0.2) is 36.4 Å². The SMILES string of the molecule is CCCCN(C)C(=O)c1cc(NCCc2ccccc2)nc(C)n1. The van der Waals surface area contributed by atoms with Gasteiger partial charge in [-0.3, -0.25) is 4.79 Å². The van der Waals surface area contributed by atoms with Gasteiger partial charge in [-0.1, -0.05) is 43.7 Å². The van der Waals surface area contributed by atoms with E-state index >= 15 is 0 Å². The summed E-state index contributed by atoms with van der Waals surface area (Å²) in [6.07, 6.45) is 2.96. The van der Waals surface area contributed by atoms with Gasteiger partial charge in [-0.15, -0.1) is 0 Å². The average molecular weight is 326 g/mol. The lowest BCUT2D eigenvalue weighted by atomic mass is 10.1. The number of amides is 1. The molecule has 2 rings (SSSR count). The third-order valence-electron chi connectivity index (χ3n) is 3.81. The molecule has 0 bridgehead atoms. The molecule has 1 aromatic carbocycles. The number of nitrogens with zero attached hydrogens (tertiary/aromatic N) is 3. The molecule has 5 heteroatoms. The zero-order valence-corrected chi connectivity index (χ0v) is 14.7. The number of carbonyl (C=O) groups is 1. The smallest absolute Gasteiger partial charge is 0.272 e. The Kier molecular flexibility index (Phi) is 6.73. The fourth-order valence-corrected chi connectivity index (χ4v) is 2.44. The van der Waals surface area contributed by atoms with Gasteiger partial charge in [0.2, 0.25) is 0 Å². The number of carbonyl (C=O) groups excluding carboxylic acids is 1. The molecule has 1 heterocycles. The second kappa shape index (κ2) is 9.01. The summed E-state index contributed by atoms with van der Waals surface area (Å²) in [7, 11) is 1.82. The molecule has 0 fully saturated rings. The number of aromatic nitrogens is 2. The van der Waals surface area contributed by atoms with Crippen molar-refractivity contribution in [1.29, 1.82) is 0 Å². The normalized spacial score (nSPS) is 10.5. The fraction of sp³-hybridized carbons (Fsp3) is 0.421. The monoisotopic (exact) mass is 326 g/mol. The molecule has 0 radical (unpaired) electrons. The molecule has 0 atom stereocenters. The molecule has 24 heavy (non-hydrogen) atoms. The van der Waals surface area contributed by atoms with Gasteiger partial charge in [-0.25, -0.2) is 9.97 Å². The minimum Gasteiger partial charge on any atom is -0.370 e. The van der Waals surface area contributed by atoms with Crippen LogP contribution >= 0.6 is 0 Å². The predicted molar refractivity (Wildman–Crippen MR) is 97.3 cm³/mol. The lowest BCUT2D eigenvalue weighted by Gasteiger charge is -2.17. The number of aryl methyl sites for hydroxylation is 1. The summed E-state index contributed by atoms with van der Waals surface area (Å²) in [4.78, 5) is 22.8. The highest BCUT2D eigenvalue weighted by Crippen LogP contribution is 2.10. The maximum absolute atomic E-state index is 12.5. The molecule has 5 nitrogen and oxygen atoms in total. The lowest BCUT2D eigenvalue weighted by Crippen LogP contribution is -2.29. The molecule has 0 unspecified atom stereocenters. The summed E-state index contributed by atoms with van der Waals surface area (Å²) in [5.74, 6) is 1.25. The van der Waals surface area contributed by atoms with Gasteiger partial charge in [0.25, 0.3) is 5.91 Å². The summed E-state index contributed by atoms with van der Waals surface area (Å²) >= 11 is 0. The highest BCUT2D eigenvalue weighted by molar-refractivity contribution is 5.92. The minimum absolute atomic E-state index is 0.0555. The van der Waals surface area contributed by atoms with Crippen molar-refractivity contribution in [3.05, 3.63) is 53.5 Å². The second-order valence-corrected chi connectivity index (χ2v) is 5.93. The van der Waals surface area contributed by atoms with E-state index in [1.54, 1.807) is 11.0 Å². The van der Waals surface area contributed by atoms with Crippen molar-refractivity contribution in [2.45, 2.75) is 33.1 Å². The minimum atomic E-state index is -0.0555.